The number of aryl methyl sites for hydroxylation is 1. The molecule has 3 aromatic rings. The minimum absolute atomic E-state index is 0. The minimum atomic E-state index is 0. The zero-order valence-electron chi connectivity index (χ0n) is 21.9. The molecule has 3 aliphatic heterocycles. The molecule has 0 amide bonds. The van der Waals surface area contributed by atoms with Crippen LogP contribution in [0.4, 0.5) is 22.7 Å². The van der Waals surface area contributed by atoms with Crippen molar-refractivity contribution in [3.63, 3.8) is 0 Å². The summed E-state index contributed by atoms with van der Waals surface area (Å²) >= 11 is 0. The Balaban J connectivity index is 0.000000177. The fourth-order valence-electron chi connectivity index (χ4n) is 3.91. The van der Waals surface area contributed by atoms with Crippen LogP contribution < -0.4 is 19.6 Å². The van der Waals surface area contributed by atoms with Gasteiger partial charge in [0.05, 0.1) is 6.07 Å². The van der Waals surface area contributed by atoms with E-state index in [2.05, 4.69) is 43.3 Å². The molecule has 0 atom stereocenters. The van der Waals surface area contributed by atoms with Crippen molar-refractivity contribution in [2.24, 2.45) is 0 Å². The first-order chi connectivity index (χ1) is 18.5. The van der Waals surface area contributed by atoms with E-state index in [1.165, 1.54) is 5.56 Å². The van der Waals surface area contributed by atoms with Gasteiger partial charge in [0.2, 0.25) is 0 Å². The van der Waals surface area contributed by atoms with Gasteiger partial charge in [-0.1, -0.05) is 12.5 Å². The van der Waals surface area contributed by atoms with Crippen molar-refractivity contribution in [1.82, 2.24) is 9.80 Å². The van der Waals surface area contributed by atoms with Gasteiger partial charge in [-0.25, -0.2) is 0 Å². The van der Waals surface area contributed by atoms with Crippen molar-refractivity contribution in [3.05, 3.63) is 141 Å². The van der Waals surface area contributed by atoms with Crippen molar-refractivity contribution >= 4 is 22.7 Å². The van der Waals surface area contributed by atoms with Crippen LogP contribution in [-0.4, -0.2) is 23.9 Å². The van der Waals surface area contributed by atoms with Gasteiger partial charge in [0.15, 0.2) is 0 Å². The molecule has 201 valence electrons. The summed E-state index contributed by atoms with van der Waals surface area (Å²) in [5.41, 5.74) is 5.59. The Morgan fingerprint density at radius 2 is 1.26 bits per heavy atom. The van der Waals surface area contributed by atoms with E-state index in [0.717, 1.165) is 22.7 Å². The molecule has 0 spiro atoms. The number of rotatable bonds is 4. The van der Waals surface area contributed by atoms with Gasteiger partial charge in [-0.3, -0.25) is 0 Å². The summed E-state index contributed by atoms with van der Waals surface area (Å²) in [5.74, 6) is 0. The second kappa shape index (κ2) is 12.6. The second-order valence-corrected chi connectivity index (χ2v) is 8.95. The molecule has 3 aromatic carbocycles. The van der Waals surface area contributed by atoms with Crippen molar-refractivity contribution in [1.29, 1.82) is 5.26 Å². The van der Waals surface area contributed by atoms with Crippen molar-refractivity contribution in [2.75, 3.05) is 33.7 Å². The van der Waals surface area contributed by atoms with Crippen LogP contribution in [0.5, 0.6) is 0 Å². The molecule has 7 nitrogen and oxygen atoms in total. The molecule has 1 radical (unpaired) electrons. The summed E-state index contributed by atoms with van der Waals surface area (Å²) < 4.78 is 0. The average Bonchev–Trinajstić information content (AvgIpc) is 3.71. The Kier molecular flexibility index (Phi) is 8.98. The fourth-order valence-corrected chi connectivity index (χ4v) is 3.91. The first-order valence-corrected chi connectivity index (χ1v) is 12.1. The van der Waals surface area contributed by atoms with Crippen LogP contribution in [0.1, 0.15) is 11.1 Å². The SMILES string of the molecule is CN1C=CN(c2[c-]c(N3C=CN(C)[CH-]3)cc(C#N)c2)[CH-]1.Cc1c[c-]c(N2C=CN(c3[c-]cccc3)[CH-]2)cc1.[Ir]. The summed E-state index contributed by atoms with van der Waals surface area (Å²) in [5, 5.41) is 9.20. The number of hydrogen-bond acceptors (Lipinski definition) is 7. The molecule has 0 aliphatic carbocycles. The Labute approximate surface area is 245 Å². The van der Waals surface area contributed by atoms with Crippen molar-refractivity contribution in [2.45, 2.75) is 6.92 Å². The molecule has 0 saturated carbocycles. The molecule has 0 bridgehead atoms. The summed E-state index contributed by atoms with van der Waals surface area (Å²) in [6.07, 6.45) is 11.8. The van der Waals surface area contributed by atoms with Crippen LogP contribution in [0, 0.1) is 56.5 Å². The van der Waals surface area contributed by atoms with Crippen molar-refractivity contribution < 1.29 is 20.1 Å². The third kappa shape index (κ3) is 6.83. The van der Waals surface area contributed by atoms with Crippen LogP contribution >= 0.6 is 0 Å². The Morgan fingerprint density at radius 1 is 0.692 bits per heavy atom. The minimum Gasteiger partial charge on any atom is -0.510 e. The van der Waals surface area contributed by atoms with E-state index in [9.17, 15) is 5.26 Å². The van der Waals surface area contributed by atoms with E-state index in [4.69, 9.17) is 0 Å². The molecule has 0 N–H and O–H groups in total. The Hall–Kier alpha value is -4.18. The smallest absolute Gasteiger partial charge is 0.0726 e. The van der Waals surface area contributed by atoms with E-state index >= 15 is 0 Å². The van der Waals surface area contributed by atoms with Gasteiger partial charge in [-0.2, -0.15) is 72.7 Å². The van der Waals surface area contributed by atoms with Crippen LogP contribution in [-0.2, 0) is 20.1 Å². The fraction of sp³-hybridized carbons (Fsp3) is 0.0968. The molecule has 39 heavy (non-hydrogen) atoms. The zero-order valence-corrected chi connectivity index (χ0v) is 24.3. The molecule has 8 heteroatoms. The van der Waals surface area contributed by atoms with Gasteiger partial charge >= 0.3 is 0 Å². The summed E-state index contributed by atoms with van der Waals surface area (Å²) in [6.45, 7) is 7.96. The zero-order chi connectivity index (χ0) is 26.5. The molecule has 0 aromatic heterocycles. The van der Waals surface area contributed by atoms with Crippen LogP contribution in [0.2, 0.25) is 0 Å². The Morgan fingerprint density at radius 3 is 1.72 bits per heavy atom. The molecule has 0 fully saturated rings. The second-order valence-electron chi connectivity index (χ2n) is 8.95. The third-order valence-corrected chi connectivity index (χ3v) is 5.90. The van der Waals surface area contributed by atoms with Crippen molar-refractivity contribution in [3.8, 4) is 6.07 Å². The van der Waals surface area contributed by atoms with E-state index in [-0.39, 0.29) is 20.1 Å². The third-order valence-electron chi connectivity index (χ3n) is 5.90. The molecular formula is C31H27IrN7-6. The molecular weight excluding hydrogens is 663 g/mol. The molecule has 3 heterocycles. The maximum Gasteiger partial charge on any atom is 0.0726 e. The maximum absolute atomic E-state index is 9.20. The number of hydrogen-bond donors (Lipinski definition) is 0. The maximum atomic E-state index is 9.20. The quantitative estimate of drug-likeness (QED) is 0.333. The van der Waals surface area contributed by atoms with Gasteiger partial charge < -0.3 is 29.4 Å². The number of nitriles is 1. The normalized spacial score (nSPS) is 15.4. The van der Waals surface area contributed by atoms with E-state index < -0.39 is 0 Å². The topological polar surface area (TPSA) is 43.2 Å². The number of nitrogens with zero attached hydrogens (tertiary/aromatic N) is 7. The van der Waals surface area contributed by atoms with Gasteiger partial charge in [-0.15, -0.1) is 53.7 Å². The van der Waals surface area contributed by atoms with Gasteiger partial charge in [-0.05, 0) is 51.3 Å². The molecule has 0 unspecified atom stereocenters. The summed E-state index contributed by atoms with van der Waals surface area (Å²) in [6, 6.07) is 29.7. The molecule has 0 saturated heterocycles. The predicted octanol–water partition coefficient (Wildman–Crippen LogP) is 5.55. The van der Waals surface area contributed by atoms with E-state index in [1.807, 2.05) is 143 Å². The standard InChI is InChI=1S/C16H13N2.C15H14N5.Ir/c1-14-7-9-16(10-8-14)18-12-11-17(13-18)15-5-3-2-4-6-15;1-17-3-5-19(11-17)14-7-13(10-16)8-15(9-14)20-6-4-18(2)12-20;/h2-5,7-9,11-13H,1H3;3-8,11-12H,1-2H3;/q2*-3;. The molecule has 6 rings (SSSR count). The van der Waals surface area contributed by atoms with Crippen LogP contribution in [0.3, 0.4) is 0 Å². The van der Waals surface area contributed by atoms with Gasteiger partial charge in [0, 0.05) is 20.1 Å². The largest absolute Gasteiger partial charge is 0.510 e. The van der Waals surface area contributed by atoms with Crippen LogP contribution in [0.15, 0.2) is 91.8 Å². The first kappa shape index (κ1) is 27.8. The number of anilines is 4. The van der Waals surface area contributed by atoms with Gasteiger partial charge in [0.1, 0.15) is 0 Å². The van der Waals surface area contributed by atoms with E-state index in [1.54, 1.807) is 0 Å². The first-order valence-electron chi connectivity index (χ1n) is 12.1. The van der Waals surface area contributed by atoms with Crippen LogP contribution in [0.25, 0.3) is 0 Å². The average molecular weight is 690 g/mol. The monoisotopic (exact) mass is 690 g/mol. The number of para-hydroxylation sites is 1. The predicted molar refractivity (Wildman–Crippen MR) is 151 cm³/mol. The summed E-state index contributed by atoms with van der Waals surface area (Å²) in [4.78, 5) is 11.8. The number of benzene rings is 3. The summed E-state index contributed by atoms with van der Waals surface area (Å²) in [7, 11) is 3.91. The Bertz CT molecular complexity index is 1330. The molecule has 3 aliphatic rings. The van der Waals surface area contributed by atoms with E-state index in [0.29, 0.717) is 5.56 Å². The van der Waals surface area contributed by atoms with Gasteiger partial charge in [0.25, 0.3) is 0 Å².